The number of nitrogens with zero attached hydrogens (tertiary/aromatic N) is 5. The first-order valence-corrected chi connectivity index (χ1v) is 13.2. The summed E-state index contributed by atoms with van der Waals surface area (Å²) in [6, 6.07) is 18.4. The average molecular weight is 483 g/mol. The first-order chi connectivity index (χ1) is 17.5. The van der Waals surface area contributed by atoms with Crippen LogP contribution in [0.2, 0.25) is 0 Å². The second kappa shape index (κ2) is 10.9. The molecule has 5 nitrogen and oxygen atoms in total. The van der Waals surface area contributed by atoms with Gasteiger partial charge in [0.25, 0.3) is 0 Å². The fourth-order valence-electron chi connectivity index (χ4n) is 5.23. The maximum Gasteiger partial charge on any atom is 0.199 e. The smallest absolute Gasteiger partial charge is 0.199 e. The van der Waals surface area contributed by atoms with E-state index in [2.05, 4.69) is 125 Å². The second-order valence-electron chi connectivity index (χ2n) is 10.5. The van der Waals surface area contributed by atoms with Crippen LogP contribution in [-0.2, 0) is 0 Å². The highest BCUT2D eigenvalue weighted by Crippen LogP contribution is 2.32. The maximum atomic E-state index is 2.50. The van der Waals surface area contributed by atoms with Crippen molar-refractivity contribution >= 4 is 22.7 Å². The summed E-state index contributed by atoms with van der Waals surface area (Å²) in [6.45, 7) is 8.85. The second-order valence-corrected chi connectivity index (χ2v) is 10.5. The van der Waals surface area contributed by atoms with E-state index in [9.17, 15) is 0 Å². The molecule has 0 unspecified atom stereocenters. The predicted molar refractivity (Wildman–Crippen MR) is 154 cm³/mol. The van der Waals surface area contributed by atoms with E-state index in [0.29, 0.717) is 0 Å². The van der Waals surface area contributed by atoms with Gasteiger partial charge >= 0.3 is 0 Å². The summed E-state index contributed by atoms with van der Waals surface area (Å²) >= 11 is 0. The van der Waals surface area contributed by atoms with Gasteiger partial charge in [0.05, 0.1) is 0 Å². The van der Waals surface area contributed by atoms with Crippen LogP contribution in [0.15, 0.2) is 78.4 Å². The summed E-state index contributed by atoms with van der Waals surface area (Å²) in [7, 11) is 8.60. The normalized spacial score (nSPS) is 19.2. The van der Waals surface area contributed by atoms with Gasteiger partial charge in [-0.3, -0.25) is 0 Å². The van der Waals surface area contributed by atoms with Crippen molar-refractivity contribution in [1.29, 1.82) is 0 Å². The van der Waals surface area contributed by atoms with Crippen molar-refractivity contribution in [3.63, 3.8) is 0 Å². The molecular formula is C31H40N5+. The molecule has 2 fully saturated rings. The van der Waals surface area contributed by atoms with E-state index in [1.165, 1.54) is 39.4 Å². The van der Waals surface area contributed by atoms with E-state index in [4.69, 9.17) is 0 Å². The zero-order valence-corrected chi connectivity index (χ0v) is 22.3. The Bertz CT molecular complexity index is 1080. The van der Waals surface area contributed by atoms with E-state index in [-0.39, 0.29) is 0 Å². The lowest BCUT2D eigenvalue weighted by Gasteiger charge is -2.34. The van der Waals surface area contributed by atoms with Gasteiger partial charge in [-0.15, -0.1) is 0 Å². The molecule has 0 radical (unpaired) electrons. The van der Waals surface area contributed by atoms with Crippen LogP contribution in [0, 0.1) is 0 Å². The zero-order valence-electron chi connectivity index (χ0n) is 22.3. The summed E-state index contributed by atoms with van der Waals surface area (Å²) in [6.07, 6.45) is 8.94. The molecule has 3 aliphatic rings. The Hall–Kier alpha value is -3.15. The van der Waals surface area contributed by atoms with Gasteiger partial charge in [-0.05, 0) is 72.8 Å². The number of hydrogen-bond acceptors (Lipinski definition) is 4. The number of allylic oxidation sites excluding steroid dienone is 5. The van der Waals surface area contributed by atoms with Crippen LogP contribution in [0.4, 0.5) is 11.4 Å². The molecule has 0 spiro atoms. The number of rotatable bonds is 4. The van der Waals surface area contributed by atoms with Crippen LogP contribution in [-0.4, -0.2) is 101 Å². The molecule has 5 heteroatoms. The van der Waals surface area contributed by atoms with Crippen LogP contribution in [0.5, 0.6) is 0 Å². The molecule has 0 atom stereocenters. The molecule has 2 aromatic carbocycles. The molecule has 2 saturated heterocycles. The Morgan fingerprint density at radius 2 is 0.944 bits per heavy atom. The predicted octanol–water partition coefficient (Wildman–Crippen LogP) is 3.83. The summed E-state index contributed by atoms with van der Waals surface area (Å²) in [5, 5.41) is 0. The summed E-state index contributed by atoms with van der Waals surface area (Å²) < 4.78 is 2.15. The van der Waals surface area contributed by atoms with E-state index >= 15 is 0 Å². The van der Waals surface area contributed by atoms with Crippen molar-refractivity contribution in [3.8, 4) is 0 Å². The topological polar surface area (TPSA) is 16.0 Å². The molecule has 2 aliphatic heterocycles. The van der Waals surface area contributed by atoms with Crippen molar-refractivity contribution in [2.45, 2.75) is 0 Å². The summed E-state index contributed by atoms with van der Waals surface area (Å²) in [5.74, 6) is 0. The number of likely N-dealkylation sites (N-methyl/N-ethyl adjacent to an activating group) is 2. The SMILES string of the molecule is CN1CCN(c2ccc(C(=C3C=CC(=[N+](C)C)C=C3)c3ccc(N4CCN(C)CC4)cc3)cc2)CC1. The molecule has 0 amide bonds. The van der Waals surface area contributed by atoms with Gasteiger partial charge in [0.1, 0.15) is 14.1 Å². The minimum Gasteiger partial charge on any atom is -0.369 e. The molecule has 0 N–H and O–H groups in total. The lowest BCUT2D eigenvalue weighted by atomic mass is 9.90. The highest BCUT2D eigenvalue weighted by atomic mass is 15.3. The Morgan fingerprint density at radius 3 is 1.31 bits per heavy atom. The van der Waals surface area contributed by atoms with Crippen molar-refractivity contribution in [2.75, 3.05) is 90.3 Å². The van der Waals surface area contributed by atoms with E-state index in [0.717, 1.165) is 52.4 Å². The fraction of sp³-hybridized carbons (Fsp3) is 0.387. The van der Waals surface area contributed by atoms with E-state index in [1.54, 1.807) is 0 Å². The monoisotopic (exact) mass is 482 g/mol. The van der Waals surface area contributed by atoms with Crippen LogP contribution < -0.4 is 9.80 Å². The Labute approximate surface area is 216 Å². The largest absolute Gasteiger partial charge is 0.369 e. The van der Waals surface area contributed by atoms with Crippen molar-refractivity contribution in [2.24, 2.45) is 0 Å². The lowest BCUT2D eigenvalue weighted by Crippen LogP contribution is -2.44. The minimum absolute atomic E-state index is 1.09. The quantitative estimate of drug-likeness (QED) is 0.616. The third-order valence-electron chi connectivity index (χ3n) is 7.72. The van der Waals surface area contributed by atoms with Gasteiger partial charge in [0, 0.05) is 75.9 Å². The van der Waals surface area contributed by atoms with Gasteiger partial charge in [0.2, 0.25) is 0 Å². The number of anilines is 2. The lowest BCUT2D eigenvalue weighted by molar-refractivity contribution is -0.462. The minimum atomic E-state index is 1.09. The Morgan fingerprint density at radius 1 is 0.556 bits per heavy atom. The molecule has 36 heavy (non-hydrogen) atoms. The van der Waals surface area contributed by atoms with Gasteiger partial charge in [-0.2, -0.15) is 0 Å². The Kier molecular flexibility index (Phi) is 7.40. The van der Waals surface area contributed by atoms with Crippen LogP contribution in [0.3, 0.4) is 0 Å². The third-order valence-corrected chi connectivity index (χ3v) is 7.72. The maximum absolute atomic E-state index is 2.50. The molecule has 5 rings (SSSR count). The number of benzene rings is 2. The van der Waals surface area contributed by atoms with Crippen LogP contribution in [0.1, 0.15) is 11.1 Å². The first-order valence-electron chi connectivity index (χ1n) is 13.2. The molecular weight excluding hydrogens is 442 g/mol. The molecule has 2 aromatic rings. The van der Waals surface area contributed by atoms with Gasteiger partial charge < -0.3 is 19.6 Å². The summed E-state index contributed by atoms with van der Waals surface area (Å²) in [4.78, 5) is 9.81. The van der Waals surface area contributed by atoms with Crippen LogP contribution >= 0.6 is 0 Å². The molecule has 0 bridgehead atoms. The third kappa shape index (κ3) is 5.48. The molecule has 188 valence electrons. The number of hydrogen-bond donors (Lipinski definition) is 0. The highest BCUT2D eigenvalue weighted by Gasteiger charge is 2.18. The van der Waals surface area contributed by atoms with Gasteiger partial charge in [0.15, 0.2) is 5.71 Å². The number of piperazine rings is 2. The van der Waals surface area contributed by atoms with Gasteiger partial charge in [-0.25, -0.2) is 4.58 Å². The van der Waals surface area contributed by atoms with Crippen molar-refractivity contribution in [1.82, 2.24) is 9.80 Å². The van der Waals surface area contributed by atoms with Crippen LogP contribution in [0.25, 0.3) is 5.57 Å². The average Bonchev–Trinajstić information content (AvgIpc) is 2.91. The van der Waals surface area contributed by atoms with E-state index in [1.807, 2.05) is 0 Å². The van der Waals surface area contributed by atoms with Gasteiger partial charge in [-0.1, -0.05) is 24.3 Å². The summed E-state index contributed by atoms with van der Waals surface area (Å²) in [5.41, 5.74) is 8.92. The standard InChI is InChI=1S/C31H40N5/c1-32(2)28-11-5-25(6-12-28)31(26-7-13-29(14-8-26)35-21-17-33(3)18-22-35)27-9-15-30(16-10-27)36-23-19-34(4)20-24-36/h5-16H,17-24H2,1-4H3/q+1. The zero-order chi connectivity index (χ0) is 25.1. The molecule has 1 aliphatic carbocycles. The Balaban J connectivity index is 1.46. The first kappa shape index (κ1) is 24.5. The molecule has 2 heterocycles. The fourth-order valence-corrected chi connectivity index (χ4v) is 5.23. The molecule has 0 aromatic heterocycles. The highest BCUT2D eigenvalue weighted by molar-refractivity contribution is 6.04. The van der Waals surface area contributed by atoms with Crippen molar-refractivity contribution in [3.05, 3.63) is 89.5 Å². The molecule has 0 saturated carbocycles. The van der Waals surface area contributed by atoms with E-state index < -0.39 is 0 Å². The van der Waals surface area contributed by atoms with Crippen molar-refractivity contribution < 1.29 is 4.58 Å².